The summed E-state index contributed by atoms with van der Waals surface area (Å²) < 4.78 is 18.2. The largest absolute Gasteiger partial charge is 0.465 e. The zero-order valence-electron chi connectivity index (χ0n) is 27.5. The minimum atomic E-state index is -0.599. The van der Waals surface area contributed by atoms with E-state index in [0.717, 1.165) is 22.3 Å². The maximum Gasteiger partial charge on any atom is 0.325 e. The van der Waals surface area contributed by atoms with Gasteiger partial charge in [0.15, 0.2) is 6.29 Å². The number of carbonyl (C=O) groups is 2. The predicted octanol–water partition coefficient (Wildman–Crippen LogP) is 6.18. The number of fused-ring (bicyclic) bond motifs is 1. The van der Waals surface area contributed by atoms with Gasteiger partial charge < -0.3 is 30.0 Å². The standard InChI is InChI=1S/C38H45N3O6/c1-5-45-35(43)22-40-38(44)39-21-27-10-16-31(17-11-27)37-46-34(25(2)36(47-37)30-14-12-28(24-42)13-15-30)23-41(4)26(3)32-19-18-29-8-6-7-9-33(29)20-32/h6-20,25-26,34,36-37,42H,5,21-24H2,1-4H3,(H2,39,40,44). The van der Waals surface area contributed by atoms with Gasteiger partial charge in [0.05, 0.1) is 25.4 Å². The van der Waals surface area contributed by atoms with Gasteiger partial charge in [-0.1, -0.05) is 91.9 Å². The van der Waals surface area contributed by atoms with E-state index < -0.39 is 18.3 Å². The van der Waals surface area contributed by atoms with E-state index in [1.807, 2.05) is 48.5 Å². The van der Waals surface area contributed by atoms with E-state index in [4.69, 9.17) is 14.2 Å². The second kappa shape index (κ2) is 16.0. The van der Waals surface area contributed by atoms with Gasteiger partial charge in [-0.05, 0) is 60.0 Å². The molecule has 248 valence electrons. The number of aliphatic hydroxyl groups excluding tert-OH is 1. The summed E-state index contributed by atoms with van der Waals surface area (Å²) in [4.78, 5) is 25.9. The van der Waals surface area contributed by atoms with Crippen molar-refractivity contribution in [1.82, 2.24) is 15.5 Å². The maximum atomic E-state index is 12.1. The highest BCUT2D eigenvalue weighted by atomic mass is 16.7. The Hall–Kier alpha value is -4.28. The zero-order chi connectivity index (χ0) is 33.3. The van der Waals surface area contributed by atoms with Gasteiger partial charge in [-0.15, -0.1) is 0 Å². The topological polar surface area (TPSA) is 109 Å². The van der Waals surface area contributed by atoms with Crippen molar-refractivity contribution in [1.29, 1.82) is 0 Å². The molecule has 3 N–H and O–H groups in total. The van der Waals surface area contributed by atoms with Gasteiger partial charge in [0.1, 0.15) is 6.54 Å². The Bertz CT molecular complexity index is 1630. The van der Waals surface area contributed by atoms with Gasteiger partial charge in [-0.2, -0.15) is 0 Å². The second-order valence-corrected chi connectivity index (χ2v) is 12.1. The van der Waals surface area contributed by atoms with Crippen LogP contribution in [0.4, 0.5) is 4.79 Å². The summed E-state index contributed by atoms with van der Waals surface area (Å²) >= 11 is 0. The van der Waals surface area contributed by atoms with Crippen LogP contribution in [0.15, 0.2) is 91.0 Å². The van der Waals surface area contributed by atoms with Crippen LogP contribution >= 0.6 is 0 Å². The Kier molecular flexibility index (Phi) is 11.6. The molecule has 1 aliphatic rings. The first kappa shape index (κ1) is 34.1. The summed E-state index contributed by atoms with van der Waals surface area (Å²) in [6, 6.07) is 30.5. The van der Waals surface area contributed by atoms with Gasteiger partial charge >= 0.3 is 12.0 Å². The summed E-state index contributed by atoms with van der Waals surface area (Å²) in [6.45, 7) is 7.16. The minimum absolute atomic E-state index is 0.0125. The summed E-state index contributed by atoms with van der Waals surface area (Å²) in [5, 5.41) is 17.3. The fourth-order valence-corrected chi connectivity index (χ4v) is 5.89. The van der Waals surface area contributed by atoms with Crippen molar-refractivity contribution >= 4 is 22.8 Å². The second-order valence-electron chi connectivity index (χ2n) is 12.1. The van der Waals surface area contributed by atoms with Crippen molar-refractivity contribution in [2.75, 3.05) is 26.7 Å². The number of amides is 2. The third-order valence-electron chi connectivity index (χ3n) is 8.91. The van der Waals surface area contributed by atoms with E-state index in [-0.39, 0.29) is 50.5 Å². The highest BCUT2D eigenvalue weighted by Gasteiger charge is 2.39. The highest BCUT2D eigenvalue weighted by molar-refractivity contribution is 5.83. The number of benzene rings is 4. The molecular formula is C38H45N3O6. The molecule has 0 radical (unpaired) electrons. The molecule has 47 heavy (non-hydrogen) atoms. The SMILES string of the molecule is CCOC(=O)CNC(=O)NCc1ccc(C2OC(CN(C)C(C)c3ccc4ccccc4c3)C(C)C(c3ccc(CO)cc3)O2)cc1. The van der Waals surface area contributed by atoms with Crippen LogP contribution in [-0.2, 0) is 32.2 Å². The minimum Gasteiger partial charge on any atom is -0.465 e. The molecule has 4 aromatic rings. The lowest BCUT2D eigenvalue weighted by Crippen LogP contribution is -2.44. The van der Waals surface area contributed by atoms with Crippen LogP contribution in [0.1, 0.15) is 67.0 Å². The lowest BCUT2D eigenvalue weighted by molar-refractivity contribution is -0.276. The van der Waals surface area contributed by atoms with E-state index in [1.165, 1.54) is 16.3 Å². The van der Waals surface area contributed by atoms with Gasteiger partial charge in [0.2, 0.25) is 0 Å². The molecular weight excluding hydrogens is 594 g/mol. The molecule has 1 aliphatic heterocycles. The summed E-state index contributed by atoms with van der Waals surface area (Å²) in [7, 11) is 2.14. The van der Waals surface area contributed by atoms with E-state index >= 15 is 0 Å². The Labute approximate surface area is 276 Å². The van der Waals surface area contributed by atoms with E-state index in [1.54, 1.807) is 6.92 Å². The molecule has 1 heterocycles. The first-order valence-corrected chi connectivity index (χ1v) is 16.2. The van der Waals surface area contributed by atoms with Gasteiger partial charge in [-0.25, -0.2) is 4.79 Å². The molecule has 1 saturated heterocycles. The number of carbonyl (C=O) groups excluding carboxylic acids is 2. The highest BCUT2D eigenvalue weighted by Crippen LogP contribution is 2.42. The van der Waals surface area contributed by atoms with Gasteiger partial charge in [0.25, 0.3) is 0 Å². The van der Waals surface area contributed by atoms with Crippen LogP contribution in [0, 0.1) is 5.92 Å². The number of rotatable bonds is 12. The van der Waals surface area contributed by atoms with E-state index in [9.17, 15) is 14.7 Å². The molecule has 0 bridgehead atoms. The quantitative estimate of drug-likeness (QED) is 0.159. The molecule has 2 amide bonds. The summed E-state index contributed by atoms with van der Waals surface area (Å²) in [5.74, 6) is -0.432. The Morgan fingerprint density at radius 3 is 2.28 bits per heavy atom. The van der Waals surface area contributed by atoms with Crippen LogP contribution in [0.25, 0.3) is 10.8 Å². The van der Waals surface area contributed by atoms with Crippen molar-refractivity contribution in [2.24, 2.45) is 5.92 Å². The number of urea groups is 1. The van der Waals surface area contributed by atoms with Gasteiger partial charge in [0, 0.05) is 30.6 Å². The lowest BCUT2D eigenvalue weighted by Gasteiger charge is -2.43. The number of nitrogens with one attached hydrogen (secondary N) is 2. The number of aliphatic hydroxyl groups is 1. The van der Waals surface area contributed by atoms with Crippen molar-refractivity contribution in [3.05, 3.63) is 119 Å². The number of hydrogen-bond donors (Lipinski definition) is 3. The van der Waals surface area contributed by atoms with Crippen LogP contribution < -0.4 is 10.6 Å². The van der Waals surface area contributed by atoms with E-state index in [2.05, 4.69) is 78.9 Å². The monoisotopic (exact) mass is 639 g/mol. The Balaban J connectivity index is 1.29. The molecule has 0 aliphatic carbocycles. The number of nitrogens with zero attached hydrogens (tertiary/aromatic N) is 1. The van der Waals surface area contributed by atoms with Gasteiger partial charge in [-0.3, -0.25) is 9.69 Å². The molecule has 0 saturated carbocycles. The zero-order valence-corrected chi connectivity index (χ0v) is 27.5. The maximum absolute atomic E-state index is 12.1. The molecule has 9 nitrogen and oxygen atoms in total. The van der Waals surface area contributed by atoms with E-state index in [0.29, 0.717) is 6.54 Å². The Morgan fingerprint density at radius 2 is 1.57 bits per heavy atom. The first-order valence-electron chi connectivity index (χ1n) is 16.2. The third-order valence-corrected chi connectivity index (χ3v) is 8.91. The van der Waals surface area contributed by atoms with Crippen molar-refractivity contribution in [2.45, 2.75) is 58.5 Å². The molecule has 9 heteroatoms. The van der Waals surface area contributed by atoms with Crippen LogP contribution in [0.5, 0.6) is 0 Å². The summed E-state index contributed by atoms with van der Waals surface area (Å²) in [6.07, 6.45) is -0.952. The average Bonchev–Trinajstić information content (AvgIpc) is 3.10. The smallest absolute Gasteiger partial charge is 0.325 e. The molecule has 5 rings (SSSR count). The fraction of sp³-hybridized carbons (Fsp3) is 0.368. The predicted molar refractivity (Wildman–Crippen MR) is 181 cm³/mol. The average molecular weight is 640 g/mol. The molecule has 5 atom stereocenters. The van der Waals surface area contributed by atoms with Crippen LogP contribution in [-0.4, -0.2) is 54.9 Å². The van der Waals surface area contributed by atoms with Crippen molar-refractivity contribution < 1.29 is 28.9 Å². The van der Waals surface area contributed by atoms with Crippen molar-refractivity contribution in [3.8, 4) is 0 Å². The first-order chi connectivity index (χ1) is 22.7. The van der Waals surface area contributed by atoms with Crippen LogP contribution in [0.3, 0.4) is 0 Å². The molecule has 4 aromatic carbocycles. The fourth-order valence-electron chi connectivity index (χ4n) is 5.89. The summed E-state index contributed by atoms with van der Waals surface area (Å²) in [5.41, 5.74) is 4.90. The number of likely N-dealkylation sites (N-methyl/N-ethyl adjacent to an activating group) is 1. The molecule has 0 spiro atoms. The number of esters is 1. The number of ether oxygens (including phenoxy) is 3. The molecule has 0 aromatic heterocycles. The number of hydrogen-bond acceptors (Lipinski definition) is 7. The third kappa shape index (κ3) is 8.75. The molecule has 5 unspecified atom stereocenters. The Morgan fingerprint density at radius 1 is 0.894 bits per heavy atom. The van der Waals surface area contributed by atoms with Crippen molar-refractivity contribution in [3.63, 3.8) is 0 Å². The molecule has 1 fully saturated rings. The normalized spacial score (nSPS) is 20.1. The lowest BCUT2D eigenvalue weighted by atomic mass is 9.89. The van der Waals surface area contributed by atoms with Crippen LogP contribution in [0.2, 0.25) is 0 Å².